The molecule has 0 atom stereocenters. The maximum absolute atomic E-state index is 13.6. The lowest BCUT2D eigenvalue weighted by molar-refractivity contribution is 0.0904. The number of nitrogens with one attached hydrogen (secondary N) is 2. The Hall–Kier alpha value is -2.80. The first-order valence-electron chi connectivity index (χ1n) is 8.50. The molecule has 0 spiro atoms. The molecule has 0 aliphatic carbocycles. The van der Waals surface area contributed by atoms with E-state index >= 15 is 0 Å². The van der Waals surface area contributed by atoms with Crippen LogP contribution in [0.2, 0.25) is 0 Å². The molecule has 5 nitrogen and oxygen atoms in total. The fraction of sp³-hybridized carbons (Fsp3) is 0.263. The zero-order valence-electron chi connectivity index (χ0n) is 14.0. The highest BCUT2D eigenvalue weighted by Gasteiger charge is 2.13. The summed E-state index contributed by atoms with van der Waals surface area (Å²) in [4.78, 5) is 8.13. The normalized spacial score (nSPS) is 15.2. The monoisotopic (exact) mass is 356 g/mol. The van der Waals surface area contributed by atoms with Crippen LogP contribution in [0.3, 0.4) is 0 Å². The minimum absolute atomic E-state index is 0.346. The molecule has 1 fully saturated rings. The lowest BCUT2D eigenvalue weighted by Crippen LogP contribution is -2.27. The summed E-state index contributed by atoms with van der Waals surface area (Å²) in [6.45, 7) is 1.57. The summed E-state index contributed by atoms with van der Waals surface area (Å²) in [5.41, 5.74) is 2.18. The quantitative estimate of drug-likeness (QED) is 0.732. The van der Waals surface area contributed by atoms with Crippen molar-refractivity contribution >= 4 is 28.1 Å². The smallest absolute Gasteiger partial charge is 0.161 e. The van der Waals surface area contributed by atoms with Gasteiger partial charge >= 0.3 is 0 Å². The second kappa shape index (κ2) is 7.21. The molecule has 1 aliphatic heterocycles. The summed E-state index contributed by atoms with van der Waals surface area (Å²) in [6, 6.07) is 10.4. The van der Waals surface area contributed by atoms with E-state index in [-0.39, 0.29) is 0 Å². The molecule has 1 aliphatic rings. The van der Waals surface area contributed by atoms with Gasteiger partial charge in [0.25, 0.3) is 0 Å². The maximum atomic E-state index is 13.6. The molecule has 0 unspecified atom stereocenters. The fourth-order valence-electron chi connectivity index (χ4n) is 3.01. The maximum Gasteiger partial charge on any atom is 0.161 e. The summed E-state index contributed by atoms with van der Waals surface area (Å²) in [7, 11) is 0. The molecule has 26 heavy (non-hydrogen) atoms. The van der Waals surface area contributed by atoms with E-state index in [0.717, 1.165) is 49.6 Å². The van der Waals surface area contributed by atoms with Crippen molar-refractivity contribution in [2.75, 3.05) is 23.8 Å². The minimum atomic E-state index is -0.925. The predicted octanol–water partition coefficient (Wildman–Crippen LogP) is 4.24. The lowest BCUT2D eigenvalue weighted by atomic mass is 10.1. The van der Waals surface area contributed by atoms with Gasteiger partial charge < -0.3 is 15.4 Å². The zero-order chi connectivity index (χ0) is 17.9. The van der Waals surface area contributed by atoms with Crippen molar-refractivity contribution in [1.82, 2.24) is 9.97 Å². The van der Waals surface area contributed by atoms with Crippen LogP contribution in [-0.4, -0.2) is 29.2 Å². The largest absolute Gasteiger partial charge is 0.382 e. The molecule has 1 aromatic heterocycles. The van der Waals surface area contributed by atoms with Crippen molar-refractivity contribution in [3.05, 3.63) is 54.4 Å². The van der Waals surface area contributed by atoms with Gasteiger partial charge in [-0.25, -0.2) is 18.7 Å². The number of nitrogens with zero attached hydrogens (tertiary/aromatic N) is 2. The third-order valence-corrected chi connectivity index (χ3v) is 4.42. The Morgan fingerprint density at radius 2 is 1.62 bits per heavy atom. The van der Waals surface area contributed by atoms with Gasteiger partial charge in [0.2, 0.25) is 0 Å². The third kappa shape index (κ3) is 3.57. The highest BCUT2D eigenvalue weighted by molar-refractivity contribution is 5.90. The number of aromatic nitrogens is 2. The van der Waals surface area contributed by atoms with Crippen molar-refractivity contribution in [1.29, 1.82) is 0 Å². The van der Waals surface area contributed by atoms with E-state index in [1.54, 1.807) is 0 Å². The molecule has 2 N–H and O–H groups in total. The molecule has 7 heteroatoms. The number of anilines is 3. The van der Waals surface area contributed by atoms with Crippen molar-refractivity contribution in [3.8, 4) is 0 Å². The van der Waals surface area contributed by atoms with E-state index in [2.05, 4.69) is 20.6 Å². The van der Waals surface area contributed by atoms with Gasteiger partial charge in [-0.3, -0.25) is 0 Å². The number of fused-ring (bicyclic) bond motifs is 1. The molecular weight excluding hydrogens is 338 g/mol. The average Bonchev–Trinajstić information content (AvgIpc) is 2.66. The summed E-state index contributed by atoms with van der Waals surface area (Å²) in [5, 5.41) is 7.05. The standard InChI is InChI=1S/C19H18F2N4O/c20-16-9-15-18(10-17(16)21)22-11-23-19(15)25-13-3-1-12(2-4-13)24-14-5-7-26-8-6-14/h1-4,9-11,14,24H,5-8H2,(H,22,23,25). The number of halogens is 2. The van der Waals surface area contributed by atoms with E-state index in [4.69, 9.17) is 4.74 Å². The fourth-order valence-corrected chi connectivity index (χ4v) is 3.01. The Kier molecular flexibility index (Phi) is 4.62. The first-order valence-corrected chi connectivity index (χ1v) is 8.50. The van der Waals surface area contributed by atoms with Gasteiger partial charge in [0, 0.05) is 42.1 Å². The van der Waals surface area contributed by atoms with Gasteiger partial charge in [0.15, 0.2) is 11.6 Å². The zero-order valence-corrected chi connectivity index (χ0v) is 14.0. The van der Waals surface area contributed by atoms with Gasteiger partial charge in [-0.2, -0.15) is 0 Å². The highest BCUT2D eigenvalue weighted by Crippen LogP contribution is 2.26. The van der Waals surface area contributed by atoms with E-state index in [0.29, 0.717) is 22.8 Å². The molecular formula is C19H18F2N4O. The Labute approximate surface area is 149 Å². The van der Waals surface area contributed by atoms with Crippen LogP contribution in [0, 0.1) is 11.6 Å². The van der Waals surface area contributed by atoms with Crippen molar-refractivity contribution in [2.45, 2.75) is 18.9 Å². The lowest BCUT2D eigenvalue weighted by Gasteiger charge is -2.24. The van der Waals surface area contributed by atoms with Crippen molar-refractivity contribution in [3.63, 3.8) is 0 Å². The topological polar surface area (TPSA) is 59.1 Å². The Morgan fingerprint density at radius 3 is 2.38 bits per heavy atom. The van der Waals surface area contributed by atoms with E-state index in [1.165, 1.54) is 6.33 Å². The minimum Gasteiger partial charge on any atom is -0.382 e. The van der Waals surface area contributed by atoms with Gasteiger partial charge in [0.1, 0.15) is 12.1 Å². The molecule has 0 saturated carbocycles. The van der Waals surface area contributed by atoms with Gasteiger partial charge in [-0.15, -0.1) is 0 Å². The molecule has 4 rings (SSSR count). The highest BCUT2D eigenvalue weighted by atomic mass is 19.2. The Balaban J connectivity index is 1.52. The molecule has 1 saturated heterocycles. The van der Waals surface area contributed by atoms with Crippen LogP contribution in [0.25, 0.3) is 10.9 Å². The second-order valence-corrected chi connectivity index (χ2v) is 6.24. The third-order valence-electron chi connectivity index (χ3n) is 4.42. The summed E-state index contributed by atoms with van der Waals surface area (Å²) in [6.07, 6.45) is 3.31. The average molecular weight is 356 g/mol. The summed E-state index contributed by atoms with van der Waals surface area (Å²) < 4.78 is 32.3. The molecule has 2 heterocycles. The van der Waals surface area contributed by atoms with Crippen molar-refractivity contribution < 1.29 is 13.5 Å². The van der Waals surface area contributed by atoms with Crippen LogP contribution in [0.4, 0.5) is 26.0 Å². The van der Waals surface area contributed by atoms with Gasteiger partial charge in [0.05, 0.1) is 5.52 Å². The van der Waals surface area contributed by atoms with Crippen LogP contribution >= 0.6 is 0 Å². The molecule has 0 bridgehead atoms. The summed E-state index contributed by atoms with van der Waals surface area (Å²) >= 11 is 0. The van der Waals surface area contributed by atoms with Crippen LogP contribution in [0.5, 0.6) is 0 Å². The van der Waals surface area contributed by atoms with Crippen molar-refractivity contribution in [2.24, 2.45) is 0 Å². The van der Waals surface area contributed by atoms with Crippen LogP contribution in [0.15, 0.2) is 42.7 Å². The first kappa shape index (κ1) is 16.7. The summed E-state index contributed by atoms with van der Waals surface area (Å²) in [5.74, 6) is -1.42. The van der Waals surface area contributed by atoms with Crippen LogP contribution < -0.4 is 10.6 Å². The molecule has 2 aromatic carbocycles. The van der Waals surface area contributed by atoms with Crippen LogP contribution in [-0.2, 0) is 4.74 Å². The number of rotatable bonds is 4. The van der Waals surface area contributed by atoms with E-state index in [1.807, 2.05) is 24.3 Å². The number of hydrogen-bond donors (Lipinski definition) is 2. The Bertz CT molecular complexity index is 911. The number of hydrogen-bond acceptors (Lipinski definition) is 5. The van der Waals surface area contributed by atoms with E-state index < -0.39 is 11.6 Å². The van der Waals surface area contributed by atoms with Gasteiger partial charge in [-0.05, 0) is 43.2 Å². The molecule has 134 valence electrons. The first-order chi connectivity index (χ1) is 12.7. The SMILES string of the molecule is Fc1cc2ncnc(Nc3ccc(NC4CCOCC4)cc3)c2cc1F. The Morgan fingerprint density at radius 1 is 0.923 bits per heavy atom. The van der Waals surface area contributed by atoms with Gasteiger partial charge in [-0.1, -0.05) is 0 Å². The number of ether oxygens (including phenoxy) is 1. The molecule has 0 radical (unpaired) electrons. The molecule has 0 amide bonds. The van der Waals surface area contributed by atoms with Crippen LogP contribution in [0.1, 0.15) is 12.8 Å². The molecule has 3 aromatic rings. The second-order valence-electron chi connectivity index (χ2n) is 6.24. The van der Waals surface area contributed by atoms with E-state index in [9.17, 15) is 8.78 Å². The predicted molar refractivity (Wildman–Crippen MR) is 96.6 cm³/mol. The number of benzene rings is 2.